The minimum Gasteiger partial charge on any atom is -0.479 e. The lowest BCUT2D eigenvalue weighted by Gasteiger charge is -2.26. The highest BCUT2D eigenvalue weighted by Crippen LogP contribution is 2.23. The molecule has 1 N–H and O–H groups in total. The van der Waals surface area contributed by atoms with E-state index >= 15 is 0 Å². The van der Waals surface area contributed by atoms with Crippen LogP contribution in [-0.4, -0.2) is 18.1 Å². The molecule has 0 bridgehead atoms. The molecular formula is C12H15F2NO2. The number of halogens is 2. The normalized spacial score (nSPS) is 11.1. The van der Waals surface area contributed by atoms with E-state index in [1.54, 1.807) is 20.8 Å². The fourth-order valence-corrected chi connectivity index (χ4v) is 1.20. The van der Waals surface area contributed by atoms with E-state index < -0.39 is 17.2 Å². The second-order valence-electron chi connectivity index (χ2n) is 3.95. The Bertz CT molecular complexity index is 419. The quantitative estimate of drug-likeness (QED) is 0.652. The van der Waals surface area contributed by atoms with Crippen LogP contribution in [0.2, 0.25) is 0 Å². The summed E-state index contributed by atoms with van der Waals surface area (Å²) in [5.74, 6) is -1.69. The van der Waals surface area contributed by atoms with Crippen LogP contribution in [0.5, 0.6) is 5.75 Å². The van der Waals surface area contributed by atoms with Gasteiger partial charge in [0.15, 0.2) is 17.2 Å². The number of hydrogen-bond acceptors (Lipinski definition) is 3. The molecule has 0 aliphatic heterocycles. The third kappa shape index (κ3) is 3.41. The summed E-state index contributed by atoms with van der Waals surface area (Å²) >= 11 is 0. The SMILES string of the molecule is CCOC(=N)C(C)(C)Oc1ccc(F)cc1F. The fourth-order valence-electron chi connectivity index (χ4n) is 1.20. The Labute approximate surface area is 98.9 Å². The molecule has 1 rings (SSSR count). The molecule has 1 aromatic rings. The monoisotopic (exact) mass is 243 g/mol. The first-order chi connectivity index (χ1) is 7.86. The van der Waals surface area contributed by atoms with Gasteiger partial charge in [-0.25, -0.2) is 8.78 Å². The minimum absolute atomic E-state index is 0.108. The Balaban J connectivity index is 2.86. The van der Waals surface area contributed by atoms with Crippen molar-refractivity contribution in [1.29, 1.82) is 5.41 Å². The first-order valence-electron chi connectivity index (χ1n) is 5.22. The van der Waals surface area contributed by atoms with Gasteiger partial charge in [-0.05, 0) is 32.9 Å². The van der Waals surface area contributed by atoms with Crippen molar-refractivity contribution in [2.24, 2.45) is 0 Å². The Morgan fingerprint density at radius 2 is 2.00 bits per heavy atom. The van der Waals surface area contributed by atoms with Crippen LogP contribution in [-0.2, 0) is 4.74 Å². The van der Waals surface area contributed by atoms with Gasteiger partial charge in [0.05, 0.1) is 6.61 Å². The van der Waals surface area contributed by atoms with Crippen molar-refractivity contribution in [3.05, 3.63) is 29.8 Å². The number of rotatable bonds is 4. The molecule has 0 aromatic heterocycles. The van der Waals surface area contributed by atoms with Crippen molar-refractivity contribution >= 4 is 5.90 Å². The van der Waals surface area contributed by atoms with Crippen molar-refractivity contribution in [3.63, 3.8) is 0 Å². The summed E-state index contributed by atoms with van der Waals surface area (Å²) in [6, 6.07) is 3.01. The molecule has 17 heavy (non-hydrogen) atoms. The lowest BCUT2D eigenvalue weighted by Crippen LogP contribution is -2.39. The molecule has 0 heterocycles. The van der Waals surface area contributed by atoms with Crippen molar-refractivity contribution in [2.45, 2.75) is 26.4 Å². The Kier molecular flexibility index (Phi) is 4.04. The predicted octanol–water partition coefficient (Wildman–Crippen LogP) is 3.14. The minimum atomic E-state index is -1.10. The number of benzene rings is 1. The lowest BCUT2D eigenvalue weighted by atomic mass is 10.1. The Hall–Kier alpha value is -1.65. The van der Waals surface area contributed by atoms with Crippen LogP contribution in [0, 0.1) is 17.0 Å². The van der Waals surface area contributed by atoms with Gasteiger partial charge >= 0.3 is 0 Å². The van der Waals surface area contributed by atoms with Gasteiger partial charge in [0, 0.05) is 6.07 Å². The second kappa shape index (κ2) is 5.12. The highest BCUT2D eigenvalue weighted by molar-refractivity contribution is 5.81. The lowest BCUT2D eigenvalue weighted by molar-refractivity contribution is 0.132. The Morgan fingerprint density at radius 3 is 2.53 bits per heavy atom. The van der Waals surface area contributed by atoms with Crippen LogP contribution in [0.15, 0.2) is 18.2 Å². The highest BCUT2D eigenvalue weighted by atomic mass is 19.1. The van der Waals surface area contributed by atoms with E-state index in [9.17, 15) is 8.78 Å². The van der Waals surface area contributed by atoms with Crippen LogP contribution in [0.25, 0.3) is 0 Å². The van der Waals surface area contributed by atoms with Gasteiger partial charge in [-0.2, -0.15) is 0 Å². The molecule has 94 valence electrons. The van der Waals surface area contributed by atoms with E-state index in [2.05, 4.69) is 0 Å². The average Bonchev–Trinajstić information content (AvgIpc) is 2.22. The summed E-state index contributed by atoms with van der Waals surface area (Å²) in [6.45, 7) is 5.22. The van der Waals surface area contributed by atoms with E-state index in [-0.39, 0.29) is 11.6 Å². The molecule has 0 aliphatic rings. The zero-order valence-electron chi connectivity index (χ0n) is 10.0. The van der Waals surface area contributed by atoms with Crippen LogP contribution >= 0.6 is 0 Å². The molecule has 5 heteroatoms. The van der Waals surface area contributed by atoms with Crippen molar-refractivity contribution < 1.29 is 18.3 Å². The molecule has 0 atom stereocenters. The van der Waals surface area contributed by atoms with E-state index in [1.165, 1.54) is 6.07 Å². The maximum absolute atomic E-state index is 13.4. The molecule has 0 spiro atoms. The summed E-state index contributed by atoms with van der Waals surface area (Å²) < 4.78 is 36.4. The first-order valence-corrected chi connectivity index (χ1v) is 5.22. The van der Waals surface area contributed by atoms with E-state index in [4.69, 9.17) is 14.9 Å². The second-order valence-corrected chi connectivity index (χ2v) is 3.95. The van der Waals surface area contributed by atoms with E-state index in [0.717, 1.165) is 12.1 Å². The zero-order valence-corrected chi connectivity index (χ0v) is 10.0. The van der Waals surface area contributed by atoms with Crippen LogP contribution in [0.1, 0.15) is 20.8 Å². The molecule has 0 amide bonds. The maximum Gasteiger partial charge on any atom is 0.225 e. The highest BCUT2D eigenvalue weighted by Gasteiger charge is 2.29. The summed E-state index contributed by atoms with van der Waals surface area (Å²) in [5.41, 5.74) is -1.10. The van der Waals surface area contributed by atoms with Crippen LogP contribution < -0.4 is 4.74 Å². The summed E-state index contributed by atoms with van der Waals surface area (Å²) in [7, 11) is 0. The number of nitrogens with one attached hydrogen (secondary N) is 1. The molecule has 0 aliphatic carbocycles. The number of hydrogen-bond donors (Lipinski definition) is 1. The predicted molar refractivity (Wildman–Crippen MR) is 60.4 cm³/mol. The summed E-state index contributed by atoms with van der Waals surface area (Å²) in [5, 5.41) is 7.61. The van der Waals surface area contributed by atoms with Gasteiger partial charge in [0.2, 0.25) is 5.90 Å². The maximum atomic E-state index is 13.4. The smallest absolute Gasteiger partial charge is 0.225 e. The van der Waals surface area contributed by atoms with Crippen LogP contribution in [0.3, 0.4) is 0 Å². The van der Waals surface area contributed by atoms with Gasteiger partial charge in [-0.1, -0.05) is 0 Å². The zero-order chi connectivity index (χ0) is 13.1. The van der Waals surface area contributed by atoms with Crippen molar-refractivity contribution in [2.75, 3.05) is 6.61 Å². The number of ether oxygens (including phenoxy) is 2. The molecular weight excluding hydrogens is 228 g/mol. The van der Waals surface area contributed by atoms with Gasteiger partial charge in [-0.3, -0.25) is 5.41 Å². The van der Waals surface area contributed by atoms with Gasteiger partial charge in [0.1, 0.15) is 5.82 Å². The topological polar surface area (TPSA) is 42.3 Å². The van der Waals surface area contributed by atoms with E-state index in [0.29, 0.717) is 6.61 Å². The molecule has 3 nitrogen and oxygen atoms in total. The third-order valence-corrected chi connectivity index (χ3v) is 2.09. The van der Waals surface area contributed by atoms with Gasteiger partial charge in [0.25, 0.3) is 0 Å². The largest absolute Gasteiger partial charge is 0.479 e. The van der Waals surface area contributed by atoms with Crippen LogP contribution in [0.4, 0.5) is 8.78 Å². The molecule has 1 aromatic carbocycles. The molecule has 0 unspecified atom stereocenters. The molecule has 0 fully saturated rings. The van der Waals surface area contributed by atoms with Crippen molar-refractivity contribution in [1.82, 2.24) is 0 Å². The third-order valence-electron chi connectivity index (χ3n) is 2.09. The van der Waals surface area contributed by atoms with Gasteiger partial charge in [-0.15, -0.1) is 0 Å². The van der Waals surface area contributed by atoms with Crippen molar-refractivity contribution in [3.8, 4) is 5.75 Å². The average molecular weight is 243 g/mol. The first kappa shape index (κ1) is 13.4. The Morgan fingerprint density at radius 1 is 1.35 bits per heavy atom. The van der Waals surface area contributed by atoms with Gasteiger partial charge < -0.3 is 9.47 Å². The molecule has 0 saturated carbocycles. The fraction of sp³-hybridized carbons (Fsp3) is 0.417. The summed E-state index contributed by atoms with van der Waals surface area (Å²) in [4.78, 5) is 0. The molecule has 0 saturated heterocycles. The van der Waals surface area contributed by atoms with E-state index in [1.807, 2.05) is 0 Å². The summed E-state index contributed by atoms with van der Waals surface area (Å²) in [6.07, 6.45) is 0. The standard InChI is InChI=1S/C12H15F2NO2/c1-4-16-11(15)12(2,3)17-10-6-5-8(13)7-9(10)14/h5-7,15H,4H2,1-3H3. The molecule has 0 radical (unpaired) electrons.